The highest BCUT2D eigenvalue weighted by atomic mass is 16.6. The van der Waals surface area contributed by atoms with Crippen molar-refractivity contribution in [2.75, 3.05) is 0 Å². The Balaban J connectivity index is 1.68. The number of carbonyl (C=O) groups excluding carboxylic acids is 2. The van der Waals surface area contributed by atoms with E-state index in [2.05, 4.69) is 33.0 Å². The molecule has 2 heterocycles. The van der Waals surface area contributed by atoms with E-state index >= 15 is 0 Å². The maximum absolute atomic E-state index is 13.4. The Kier molecular flexibility index (Phi) is 5.16. The minimum absolute atomic E-state index is 0.0118. The van der Waals surface area contributed by atoms with Crippen molar-refractivity contribution >= 4 is 17.3 Å². The number of nitrogens with one attached hydrogen (secondary N) is 1. The molecule has 0 spiro atoms. The molecule has 0 saturated heterocycles. The molecule has 7 heteroatoms. The molecule has 1 aliphatic heterocycles. The van der Waals surface area contributed by atoms with Crippen LogP contribution in [0.15, 0.2) is 57.3 Å². The fraction of sp³-hybridized carbons (Fsp3) is 0.429. The zero-order valence-electron chi connectivity index (χ0n) is 20.8. The summed E-state index contributed by atoms with van der Waals surface area (Å²) in [4.78, 5) is 38.2. The molecule has 35 heavy (non-hydrogen) atoms. The van der Waals surface area contributed by atoms with Gasteiger partial charge in [-0.25, -0.2) is 0 Å². The second-order valence-electron chi connectivity index (χ2n) is 11.7. The van der Waals surface area contributed by atoms with Crippen molar-refractivity contribution in [2.24, 2.45) is 10.8 Å². The molecule has 182 valence electrons. The molecular weight excluding hydrogens is 444 g/mol. The number of ketones is 2. The van der Waals surface area contributed by atoms with Crippen molar-refractivity contribution in [1.82, 2.24) is 5.32 Å². The molecule has 0 unspecified atom stereocenters. The van der Waals surface area contributed by atoms with Gasteiger partial charge in [-0.3, -0.25) is 19.7 Å². The largest absolute Gasteiger partial charge is 0.460 e. The summed E-state index contributed by atoms with van der Waals surface area (Å²) in [6, 6.07) is 8.37. The number of nitro benzene ring substituents is 1. The first-order chi connectivity index (χ1) is 16.4. The van der Waals surface area contributed by atoms with E-state index in [0.29, 0.717) is 53.9 Å². The zero-order valence-corrected chi connectivity index (χ0v) is 20.8. The number of nitrogens with zero attached hydrogens (tertiary/aromatic N) is 1. The van der Waals surface area contributed by atoms with Crippen LogP contribution < -0.4 is 5.32 Å². The molecule has 0 radical (unpaired) electrons. The fourth-order valence-electron chi connectivity index (χ4n) is 5.94. The van der Waals surface area contributed by atoms with Crippen LogP contribution in [0.1, 0.15) is 70.6 Å². The van der Waals surface area contributed by atoms with Gasteiger partial charge < -0.3 is 9.73 Å². The molecule has 2 aromatic rings. The molecule has 0 amide bonds. The quantitative estimate of drug-likeness (QED) is 0.424. The smallest absolute Gasteiger partial charge is 0.280 e. The first-order valence-electron chi connectivity index (χ1n) is 12.0. The number of Topliss-reactive ketones (excluding diaryl/α,β-unsaturated/α-hetero) is 2. The molecule has 1 aromatic carbocycles. The van der Waals surface area contributed by atoms with Crippen LogP contribution in [0.3, 0.4) is 0 Å². The van der Waals surface area contributed by atoms with E-state index in [9.17, 15) is 19.7 Å². The van der Waals surface area contributed by atoms with Gasteiger partial charge in [0, 0.05) is 41.4 Å². The monoisotopic (exact) mass is 474 g/mol. The van der Waals surface area contributed by atoms with E-state index in [4.69, 9.17) is 4.42 Å². The Morgan fingerprint density at radius 3 is 2.03 bits per heavy atom. The Bertz CT molecular complexity index is 1300. The molecule has 1 aromatic heterocycles. The van der Waals surface area contributed by atoms with Gasteiger partial charge in [-0.2, -0.15) is 0 Å². The van der Waals surface area contributed by atoms with Gasteiger partial charge in [-0.1, -0.05) is 39.8 Å². The third-order valence-electron chi connectivity index (χ3n) is 7.32. The van der Waals surface area contributed by atoms with Crippen LogP contribution in [0.5, 0.6) is 0 Å². The normalized spacial score (nSPS) is 21.5. The number of benzene rings is 1. The molecule has 1 N–H and O–H groups in total. The number of carbonyl (C=O) groups is 2. The molecule has 7 nitrogen and oxygen atoms in total. The molecule has 0 fully saturated rings. The van der Waals surface area contributed by atoms with Crippen LogP contribution in [0.2, 0.25) is 0 Å². The van der Waals surface area contributed by atoms with E-state index in [-0.39, 0.29) is 28.1 Å². The summed E-state index contributed by atoms with van der Waals surface area (Å²) in [6.07, 6.45) is 2.19. The van der Waals surface area contributed by atoms with Crippen LogP contribution in [0.25, 0.3) is 11.3 Å². The number of allylic oxidation sites excluding steroid dienone is 4. The molecule has 0 atom stereocenters. The SMILES string of the molecule is Cc1cccc([N+](=O)[O-])c1-c1ccc(C2C3=C(CC(C)(C)CC3=O)NC3=C2C(=O)CC(C)(C)C3)o1. The van der Waals surface area contributed by atoms with E-state index < -0.39 is 10.8 Å². The Morgan fingerprint density at radius 2 is 1.49 bits per heavy atom. The van der Waals surface area contributed by atoms with Crippen LogP contribution in [0.4, 0.5) is 5.69 Å². The van der Waals surface area contributed by atoms with Gasteiger partial charge in [0.05, 0.1) is 16.4 Å². The minimum Gasteiger partial charge on any atom is -0.460 e. The number of furan rings is 1. The maximum Gasteiger partial charge on any atom is 0.280 e. The Morgan fingerprint density at radius 1 is 0.914 bits per heavy atom. The van der Waals surface area contributed by atoms with Gasteiger partial charge >= 0.3 is 0 Å². The van der Waals surface area contributed by atoms with Crippen LogP contribution in [-0.4, -0.2) is 16.5 Å². The van der Waals surface area contributed by atoms with Gasteiger partial charge in [-0.15, -0.1) is 0 Å². The number of aryl methyl sites for hydroxylation is 1. The number of hydrogen-bond acceptors (Lipinski definition) is 6. The van der Waals surface area contributed by atoms with E-state index in [0.717, 1.165) is 17.0 Å². The molecule has 2 aliphatic carbocycles. The lowest BCUT2D eigenvalue weighted by atomic mass is 9.65. The molecule has 0 bridgehead atoms. The Hall–Kier alpha value is -3.48. The van der Waals surface area contributed by atoms with Crippen molar-refractivity contribution in [2.45, 2.75) is 66.2 Å². The summed E-state index contributed by atoms with van der Waals surface area (Å²) in [5, 5.41) is 15.2. The fourth-order valence-corrected chi connectivity index (χ4v) is 5.94. The molecule has 5 rings (SSSR count). The lowest BCUT2D eigenvalue weighted by Crippen LogP contribution is -2.42. The predicted octanol–water partition coefficient (Wildman–Crippen LogP) is 6.14. The van der Waals surface area contributed by atoms with Gasteiger partial charge in [-0.05, 0) is 48.3 Å². The third-order valence-corrected chi connectivity index (χ3v) is 7.32. The maximum atomic E-state index is 13.4. The summed E-state index contributed by atoms with van der Waals surface area (Å²) in [7, 11) is 0. The third kappa shape index (κ3) is 3.93. The molecule has 0 saturated carbocycles. The first kappa shape index (κ1) is 23.3. The van der Waals surface area contributed by atoms with Crippen molar-refractivity contribution in [3.63, 3.8) is 0 Å². The number of rotatable bonds is 3. The Labute approximate surface area is 204 Å². The summed E-state index contributed by atoms with van der Waals surface area (Å²) >= 11 is 0. The lowest BCUT2D eigenvalue weighted by molar-refractivity contribution is -0.384. The predicted molar refractivity (Wildman–Crippen MR) is 132 cm³/mol. The minimum atomic E-state index is -0.606. The van der Waals surface area contributed by atoms with Crippen LogP contribution in [0, 0.1) is 27.9 Å². The second-order valence-corrected chi connectivity index (χ2v) is 11.7. The average molecular weight is 475 g/mol. The lowest BCUT2D eigenvalue weighted by Gasteiger charge is -2.43. The van der Waals surface area contributed by atoms with Gasteiger partial charge in [0.25, 0.3) is 5.69 Å². The van der Waals surface area contributed by atoms with Crippen molar-refractivity contribution in [3.8, 4) is 11.3 Å². The highest BCUT2D eigenvalue weighted by molar-refractivity contribution is 6.06. The van der Waals surface area contributed by atoms with Crippen molar-refractivity contribution in [3.05, 3.63) is 74.3 Å². The van der Waals surface area contributed by atoms with Crippen molar-refractivity contribution in [1.29, 1.82) is 0 Å². The van der Waals surface area contributed by atoms with Crippen LogP contribution >= 0.6 is 0 Å². The number of dihydropyridines is 1. The summed E-state index contributed by atoms with van der Waals surface area (Å²) in [6.45, 7) is 10.1. The topological polar surface area (TPSA) is 102 Å². The van der Waals surface area contributed by atoms with E-state index in [1.165, 1.54) is 6.07 Å². The van der Waals surface area contributed by atoms with Crippen molar-refractivity contribution < 1.29 is 18.9 Å². The number of nitro groups is 1. The average Bonchev–Trinajstić information content (AvgIpc) is 3.19. The highest BCUT2D eigenvalue weighted by Crippen LogP contribution is 2.51. The van der Waals surface area contributed by atoms with Gasteiger partial charge in [0.1, 0.15) is 11.5 Å². The van der Waals surface area contributed by atoms with E-state index in [1.54, 1.807) is 31.2 Å². The molecular formula is C28H30N2O5. The van der Waals surface area contributed by atoms with Crippen LogP contribution in [-0.2, 0) is 9.59 Å². The number of hydrogen-bond donors (Lipinski definition) is 1. The van der Waals surface area contributed by atoms with E-state index in [1.807, 2.05) is 0 Å². The zero-order chi connectivity index (χ0) is 25.3. The standard InChI is InChI=1S/C28H30N2O5/c1-15-7-6-8-18(30(33)34)23(15)21-9-10-22(35-21)26-24-16(11-27(2,3)13-19(24)31)29-17-12-28(4,5)14-20(32)25(17)26/h6-10,26,29H,11-14H2,1-5H3. The highest BCUT2D eigenvalue weighted by Gasteiger charge is 2.47. The van der Waals surface area contributed by atoms with Gasteiger partial charge in [0.15, 0.2) is 11.6 Å². The first-order valence-corrected chi connectivity index (χ1v) is 12.0. The summed E-state index contributed by atoms with van der Waals surface area (Å²) in [5.74, 6) is 0.251. The van der Waals surface area contributed by atoms with Gasteiger partial charge in [0.2, 0.25) is 0 Å². The molecule has 3 aliphatic rings. The summed E-state index contributed by atoms with van der Waals surface area (Å²) < 4.78 is 6.27. The second kappa shape index (κ2) is 7.77. The summed E-state index contributed by atoms with van der Waals surface area (Å²) in [5.41, 5.74) is 3.63.